The third kappa shape index (κ3) is 6.20. The zero-order valence-corrected chi connectivity index (χ0v) is 19.8. The van der Waals surface area contributed by atoms with Crippen LogP contribution in [0.4, 0.5) is 0 Å². The predicted molar refractivity (Wildman–Crippen MR) is 127 cm³/mol. The average molecular weight is 471 g/mol. The molecule has 1 fully saturated rings. The molecule has 0 radical (unpaired) electrons. The van der Waals surface area contributed by atoms with Crippen molar-refractivity contribution in [3.05, 3.63) is 58.6 Å². The number of amides is 2. The van der Waals surface area contributed by atoms with E-state index in [1.54, 1.807) is 17.9 Å². The number of fused-ring (bicyclic) bond motifs is 1. The quantitative estimate of drug-likeness (QED) is 0.597. The van der Waals surface area contributed by atoms with E-state index in [9.17, 15) is 9.59 Å². The van der Waals surface area contributed by atoms with E-state index in [1.165, 1.54) is 6.42 Å². The average Bonchev–Trinajstić information content (AvgIpc) is 3.29. The van der Waals surface area contributed by atoms with Crippen LogP contribution in [0.5, 0.6) is 11.5 Å². The summed E-state index contributed by atoms with van der Waals surface area (Å²) in [7, 11) is 0. The third-order valence-electron chi connectivity index (χ3n) is 6.43. The Morgan fingerprint density at radius 2 is 1.85 bits per heavy atom. The lowest BCUT2D eigenvalue weighted by Gasteiger charge is -2.31. The Bertz CT molecular complexity index is 990. The number of ether oxygens (including phenoxy) is 2. The van der Waals surface area contributed by atoms with E-state index in [0.29, 0.717) is 30.2 Å². The van der Waals surface area contributed by atoms with Crippen molar-refractivity contribution in [2.24, 2.45) is 0 Å². The van der Waals surface area contributed by atoms with E-state index < -0.39 is 6.04 Å². The van der Waals surface area contributed by atoms with E-state index in [2.05, 4.69) is 5.32 Å². The van der Waals surface area contributed by atoms with Crippen LogP contribution in [-0.4, -0.2) is 35.6 Å². The molecule has 0 saturated heterocycles. The molecule has 4 rings (SSSR count). The highest BCUT2D eigenvalue weighted by atomic mass is 35.5. The number of hydrogen-bond acceptors (Lipinski definition) is 4. The van der Waals surface area contributed by atoms with Gasteiger partial charge in [0.25, 0.3) is 0 Å². The van der Waals surface area contributed by atoms with Crippen molar-refractivity contribution in [2.45, 2.75) is 70.5 Å². The normalized spacial score (nSPS) is 16.3. The van der Waals surface area contributed by atoms with Crippen LogP contribution >= 0.6 is 11.6 Å². The summed E-state index contributed by atoms with van der Waals surface area (Å²) in [6.45, 7) is 2.36. The fourth-order valence-corrected chi connectivity index (χ4v) is 4.69. The van der Waals surface area contributed by atoms with Crippen LogP contribution in [-0.2, 0) is 22.6 Å². The fourth-order valence-electron chi connectivity index (χ4n) is 4.47. The van der Waals surface area contributed by atoms with Crippen molar-refractivity contribution in [1.29, 1.82) is 0 Å². The molecule has 1 aliphatic carbocycles. The molecule has 2 amide bonds. The Hall–Kier alpha value is -2.73. The lowest BCUT2D eigenvalue weighted by molar-refractivity contribution is -0.141. The highest BCUT2D eigenvalue weighted by Crippen LogP contribution is 2.33. The maximum Gasteiger partial charge on any atom is 0.242 e. The molecule has 0 unspecified atom stereocenters. The van der Waals surface area contributed by atoms with Crippen molar-refractivity contribution >= 4 is 23.4 Å². The molecule has 33 heavy (non-hydrogen) atoms. The van der Waals surface area contributed by atoms with Gasteiger partial charge in [-0.3, -0.25) is 9.59 Å². The summed E-state index contributed by atoms with van der Waals surface area (Å²) in [5.41, 5.74) is 1.89. The monoisotopic (exact) mass is 470 g/mol. The molecule has 2 aromatic carbocycles. The van der Waals surface area contributed by atoms with Gasteiger partial charge in [0.2, 0.25) is 18.6 Å². The molecule has 0 bridgehead atoms. The van der Waals surface area contributed by atoms with Gasteiger partial charge < -0.3 is 19.7 Å². The molecule has 1 aliphatic heterocycles. The lowest BCUT2D eigenvalue weighted by Crippen LogP contribution is -2.50. The first-order chi connectivity index (χ1) is 16.0. The van der Waals surface area contributed by atoms with Crippen LogP contribution in [0.2, 0.25) is 5.02 Å². The smallest absolute Gasteiger partial charge is 0.242 e. The topological polar surface area (TPSA) is 67.9 Å². The number of carbonyl (C=O) groups excluding carboxylic acids is 2. The van der Waals surface area contributed by atoms with E-state index in [4.69, 9.17) is 21.1 Å². The molecule has 1 heterocycles. The number of rotatable bonds is 8. The van der Waals surface area contributed by atoms with Gasteiger partial charge in [-0.15, -0.1) is 0 Å². The van der Waals surface area contributed by atoms with Gasteiger partial charge in [-0.1, -0.05) is 49.1 Å². The number of nitrogens with zero attached hydrogens (tertiary/aromatic N) is 1. The molecule has 176 valence electrons. The van der Waals surface area contributed by atoms with Gasteiger partial charge in [0.05, 0.1) is 0 Å². The number of hydrogen-bond donors (Lipinski definition) is 1. The minimum atomic E-state index is -0.574. The Morgan fingerprint density at radius 3 is 2.64 bits per heavy atom. The second-order valence-electron chi connectivity index (χ2n) is 8.86. The van der Waals surface area contributed by atoms with Crippen LogP contribution in [0.3, 0.4) is 0 Å². The van der Waals surface area contributed by atoms with E-state index in [-0.39, 0.29) is 24.6 Å². The predicted octanol–water partition coefficient (Wildman–Crippen LogP) is 4.87. The van der Waals surface area contributed by atoms with Crippen molar-refractivity contribution in [2.75, 3.05) is 6.79 Å². The highest BCUT2D eigenvalue weighted by Gasteiger charge is 2.28. The summed E-state index contributed by atoms with van der Waals surface area (Å²) in [6, 6.07) is 12.8. The van der Waals surface area contributed by atoms with Gasteiger partial charge in [0, 0.05) is 24.0 Å². The molecule has 2 aliphatic rings. The maximum absolute atomic E-state index is 13.3. The SMILES string of the molecule is C[C@H](C(=O)NC1CCCCC1)N(Cc1cccc(Cl)c1)C(=O)CCc1ccc2c(c1)OCO2. The van der Waals surface area contributed by atoms with Crippen molar-refractivity contribution in [1.82, 2.24) is 10.2 Å². The number of aryl methyl sites for hydroxylation is 1. The number of carbonyl (C=O) groups is 2. The van der Waals surface area contributed by atoms with Crippen molar-refractivity contribution in [3.63, 3.8) is 0 Å². The number of benzene rings is 2. The zero-order chi connectivity index (χ0) is 23.2. The Morgan fingerprint density at radius 1 is 1.06 bits per heavy atom. The van der Waals surface area contributed by atoms with Gasteiger partial charge >= 0.3 is 0 Å². The summed E-state index contributed by atoms with van der Waals surface area (Å²) in [5, 5.41) is 3.77. The fraction of sp³-hybridized carbons (Fsp3) is 0.462. The van der Waals surface area contributed by atoms with Crippen LogP contribution < -0.4 is 14.8 Å². The minimum absolute atomic E-state index is 0.0704. The first-order valence-electron chi connectivity index (χ1n) is 11.7. The third-order valence-corrected chi connectivity index (χ3v) is 6.66. The minimum Gasteiger partial charge on any atom is -0.454 e. The van der Waals surface area contributed by atoms with E-state index in [1.807, 2.05) is 36.4 Å². The molecular weight excluding hydrogens is 440 g/mol. The second-order valence-corrected chi connectivity index (χ2v) is 9.30. The van der Waals surface area contributed by atoms with Crippen molar-refractivity contribution < 1.29 is 19.1 Å². The summed E-state index contributed by atoms with van der Waals surface area (Å²) < 4.78 is 10.8. The highest BCUT2D eigenvalue weighted by molar-refractivity contribution is 6.30. The first-order valence-corrected chi connectivity index (χ1v) is 12.1. The van der Waals surface area contributed by atoms with Crippen LogP contribution in [0.15, 0.2) is 42.5 Å². The van der Waals surface area contributed by atoms with Crippen molar-refractivity contribution in [3.8, 4) is 11.5 Å². The Labute approximate surface area is 200 Å². The summed E-state index contributed by atoms with van der Waals surface area (Å²) >= 11 is 6.16. The molecule has 1 saturated carbocycles. The largest absolute Gasteiger partial charge is 0.454 e. The maximum atomic E-state index is 13.3. The Balaban J connectivity index is 1.44. The summed E-state index contributed by atoms with van der Waals surface area (Å²) in [4.78, 5) is 28.1. The first kappa shape index (κ1) is 23.4. The molecule has 1 atom stereocenters. The molecule has 1 N–H and O–H groups in total. The summed E-state index contributed by atoms with van der Waals surface area (Å²) in [5.74, 6) is 1.26. The molecule has 6 nitrogen and oxygen atoms in total. The van der Waals surface area contributed by atoms with Gasteiger partial charge in [0.1, 0.15) is 6.04 Å². The molecule has 0 aromatic heterocycles. The molecule has 0 spiro atoms. The van der Waals surface area contributed by atoms with Gasteiger partial charge in [0.15, 0.2) is 11.5 Å². The number of nitrogens with one attached hydrogen (secondary N) is 1. The van der Waals surface area contributed by atoms with Crippen LogP contribution in [0, 0.1) is 0 Å². The Kier molecular flexibility index (Phi) is 7.76. The molecule has 2 aromatic rings. The summed E-state index contributed by atoms with van der Waals surface area (Å²) in [6.07, 6.45) is 6.36. The van der Waals surface area contributed by atoms with E-state index >= 15 is 0 Å². The zero-order valence-electron chi connectivity index (χ0n) is 19.0. The second kappa shape index (κ2) is 10.9. The van der Waals surface area contributed by atoms with E-state index in [0.717, 1.165) is 42.6 Å². The number of halogens is 1. The van der Waals surface area contributed by atoms with Gasteiger partial charge in [-0.05, 0) is 61.6 Å². The van der Waals surface area contributed by atoms with Crippen LogP contribution in [0.25, 0.3) is 0 Å². The lowest BCUT2D eigenvalue weighted by atomic mass is 9.95. The van der Waals surface area contributed by atoms with Gasteiger partial charge in [-0.25, -0.2) is 0 Å². The van der Waals surface area contributed by atoms with Gasteiger partial charge in [-0.2, -0.15) is 0 Å². The standard InChI is InChI=1S/C26H31ClN2O4/c1-18(26(31)28-22-8-3-2-4-9-22)29(16-20-6-5-7-21(27)14-20)25(30)13-11-19-10-12-23-24(15-19)33-17-32-23/h5-7,10,12,14-15,18,22H,2-4,8-9,11,13,16-17H2,1H3,(H,28,31)/t18-/m1/s1. The molecule has 7 heteroatoms. The molecular formula is C26H31ClN2O4. The van der Waals surface area contributed by atoms with Crippen LogP contribution in [0.1, 0.15) is 56.6 Å².